The molecule has 1 N–H and O–H groups in total. The van der Waals surface area contributed by atoms with E-state index in [2.05, 4.69) is 52.9 Å². The summed E-state index contributed by atoms with van der Waals surface area (Å²) in [4.78, 5) is 5.83. The molecule has 0 bridgehead atoms. The number of hydrogen-bond acceptors (Lipinski definition) is 4. The second-order valence-electron chi connectivity index (χ2n) is 4.13. The van der Waals surface area contributed by atoms with Crippen LogP contribution in [0.15, 0.2) is 40.6 Å². The minimum absolute atomic E-state index is 0.339. The van der Waals surface area contributed by atoms with Gasteiger partial charge in [0.25, 0.3) is 0 Å². The number of nitrogens with zero attached hydrogens (tertiary/aromatic N) is 1. The van der Waals surface area contributed by atoms with Gasteiger partial charge in [0, 0.05) is 28.6 Å². The third kappa shape index (κ3) is 4.12. The minimum Gasteiger partial charge on any atom is -0.308 e. The Labute approximate surface area is 117 Å². The zero-order chi connectivity index (χ0) is 12.8. The average Bonchev–Trinajstić information content (AvgIpc) is 2.82. The van der Waals surface area contributed by atoms with Gasteiger partial charge in [-0.3, -0.25) is 0 Å². The quantitative estimate of drug-likeness (QED) is 0.641. The normalized spacial score (nSPS) is 12.6. The maximum Gasteiger partial charge on any atom is 0.0898 e. The Morgan fingerprint density at radius 1 is 1.33 bits per heavy atom. The number of aryl methyl sites for hydroxylation is 1. The van der Waals surface area contributed by atoms with Crippen LogP contribution in [-0.2, 0) is 0 Å². The molecule has 1 heterocycles. The van der Waals surface area contributed by atoms with Crippen molar-refractivity contribution in [2.24, 2.45) is 0 Å². The van der Waals surface area contributed by atoms with E-state index in [0.717, 1.165) is 23.0 Å². The van der Waals surface area contributed by atoms with E-state index in [1.807, 2.05) is 18.7 Å². The molecule has 96 valence electrons. The van der Waals surface area contributed by atoms with E-state index in [9.17, 15) is 0 Å². The molecule has 0 saturated heterocycles. The van der Waals surface area contributed by atoms with E-state index in [0.29, 0.717) is 6.04 Å². The fraction of sp³-hybridized carbons (Fsp3) is 0.357. The van der Waals surface area contributed by atoms with E-state index < -0.39 is 0 Å². The first kappa shape index (κ1) is 13.6. The van der Waals surface area contributed by atoms with Gasteiger partial charge in [-0.1, -0.05) is 18.2 Å². The van der Waals surface area contributed by atoms with Gasteiger partial charge < -0.3 is 5.32 Å². The Bertz CT molecular complexity index is 468. The van der Waals surface area contributed by atoms with Crippen LogP contribution in [0.25, 0.3) is 0 Å². The van der Waals surface area contributed by atoms with Crippen LogP contribution in [0.4, 0.5) is 0 Å². The molecule has 1 atom stereocenters. The summed E-state index contributed by atoms with van der Waals surface area (Å²) in [5, 5.41) is 6.78. The Morgan fingerprint density at radius 2 is 2.11 bits per heavy atom. The molecule has 0 fully saturated rings. The zero-order valence-corrected chi connectivity index (χ0v) is 12.4. The van der Waals surface area contributed by atoms with Crippen molar-refractivity contribution in [1.29, 1.82) is 0 Å². The minimum atomic E-state index is 0.339. The monoisotopic (exact) mass is 278 g/mol. The second kappa shape index (κ2) is 6.92. The molecule has 0 aliphatic carbocycles. The summed E-state index contributed by atoms with van der Waals surface area (Å²) in [6.45, 7) is 5.21. The van der Waals surface area contributed by atoms with Gasteiger partial charge in [0.1, 0.15) is 0 Å². The van der Waals surface area contributed by atoms with Gasteiger partial charge in [0.2, 0.25) is 0 Å². The van der Waals surface area contributed by atoms with Crippen LogP contribution in [0, 0.1) is 6.92 Å². The number of thioether (sulfide) groups is 1. The summed E-state index contributed by atoms with van der Waals surface area (Å²) in [5.41, 5.74) is 1.15. The molecule has 18 heavy (non-hydrogen) atoms. The summed E-state index contributed by atoms with van der Waals surface area (Å²) in [7, 11) is 0. The highest BCUT2D eigenvalue weighted by atomic mass is 32.2. The van der Waals surface area contributed by atoms with Gasteiger partial charge in [-0.05, 0) is 26.0 Å². The SMILES string of the molecule is Cc1nc(C(C)NCCSc2ccccc2)cs1. The molecule has 0 amide bonds. The van der Waals surface area contributed by atoms with Crippen LogP contribution in [0.3, 0.4) is 0 Å². The van der Waals surface area contributed by atoms with Gasteiger partial charge in [-0.25, -0.2) is 4.98 Å². The van der Waals surface area contributed by atoms with Gasteiger partial charge in [0.05, 0.1) is 10.7 Å². The Hall–Kier alpha value is -0.840. The molecule has 1 unspecified atom stereocenters. The van der Waals surface area contributed by atoms with Crippen molar-refractivity contribution >= 4 is 23.1 Å². The van der Waals surface area contributed by atoms with Gasteiger partial charge in [-0.15, -0.1) is 23.1 Å². The maximum absolute atomic E-state index is 4.50. The summed E-state index contributed by atoms with van der Waals surface area (Å²) >= 11 is 3.59. The number of hydrogen-bond donors (Lipinski definition) is 1. The summed E-state index contributed by atoms with van der Waals surface area (Å²) in [6.07, 6.45) is 0. The van der Waals surface area contributed by atoms with Crippen molar-refractivity contribution in [2.45, 2.75) is 24.8 Å². The average molecular weight is 278 g/mol. The molecule has 0 aliphatic heterocycles. The molecule has 4 heteroatoms. The lowest BCUT2D eigenvalue weighted by Crippen LogP contribution is -2.21. The third-order valence-corrected chi connectivity index (χ3v) is 4.45. The summed E-state index contributed by atoms with van der Waals surface area (Å²) < 4.78 is 0. The second-order valence-corrected chi connectivity index (χ2v) is 6.36. The van der Waals surface area contributed by atoms with E-state index in [1.54, 1.807) is 11.3 Å². The largest absolute Gasteiger partial charge is 0.308 e. The van der Waals surface area contributed by atoms with E-state index in [1.165, 1.54) is 4.90 Å². The van der Waals surface area contributed by atoms with Crippen molar-refractivity contribution in [3.63, 3.8) is 0 Å². The van der Waals surface area contributed by atoms with E-state index >= 15 is 0 Å². The first-order chi connectivity index (χ1) is 8.75. The van der Waals surface area contributed by atoms with Crippen LogP contribution in [-0.4, -0.2) is 17.3 Å². The van der Waals surface area contributed by atoms with Crippen LogP contribution >= 0.6 is 23.1 Å². The predicted octanol–water partition coefficient (Wildman–Crippen LogP) is 3.89. The van der Waals surface area contributed by atoms with Gasteiger partial charge in [0.15, 0.2) is 0 Å². The fourth-order valence-corrected chi connectivity index (χ4v) is 3.16. The van der Waals surface area contributed by atoms with Gasteiger partial charge in [-0.2, -0.15) is 0 Å². The highest BCUT2D eigenvalue weighted by Gasteiger charge is 2.07. The molecular formula is C14H18N2S2. The first-order valence-electron chi connectivity index (χ1n) is 6.09. The van der Waals surface area contributed by atoms with Crippen LogP contribution < -0.4 is 5.32 Å². The molecule has 0 spiro atoms. The number of aromatic nitrogens is 1. The van der Waals surface area contributed by atoms with Crippen LogP contribution in [0.2, 0.25) is 0 Å². The number of benzene rings is 1. The number of nitrogens with one attached hydrogen (secondary N) is 1. The topological polar surface area (TPSA) is 24.9 Å². The molecule has 2 rings (SSSR count). The molecule has 0 saturated carbocycles. The standard InChI is InChI=1S/C14H18N2S2/c1-11(14-10-18-12(2)16-14)15-8-9-17-13-6-4-3-5-7-13/h3-7,10-11,15H,8-9H2,1-2H3. The maximum atomic E-state index is 4.50. The summed E-state index contributed by atoms with van der Waals surface area (Å²) in [5.74, 6) is 1.08. The van der Waals surface area contributed by atoms with E-state index in [4.69, 9.17) is 0 Å². The van der Waals surface area contributed by atoms with Gasteiger partial charge >= 0.3 is 0 Å². The van der Waals surface area contributed by atoms with Crippen molar-refractivity contribution in [3.8, 4) is 0 Å². The Balaban J connectivity index is 1.69. The lowest BCUT2D eigenvalue weighted by molar-refractivity contribution is 0.588. The molecular weight excluding hydrogens is 260 g/mol. The zero-order valence-electron chi connectivity index (χ0n) is 10.7. The number of thiazole rings is 1. The molecule has 1 aromatic carbocycles. The molecule has 2 aromatic rings. The lowest BCUT2D eigenvalue weighted by atomic mass is 10.2. The molecule has 1 aromatic heterocycles. The van der Waals surface area contributed by atoms with Crippen LogP contribution in [0.1, 0.15) is 23.7 Å². The Kier molecular flexibility index (Phi) is 5.23. The lowest BCUT2D eigenvalue weighted by Gasteiger charge is -2.11. The van der Waals surface area contributed by atoms with Crippen molar-refractivity contribution < 1.29 is 0 Å². The van der Waals surface area contributed by atoms with Crippen molar-refractivity contribution in [1.82, 2.24) is 10.3 Å². The first-order valence-corrected chi connectivity index (χ1v) is 7.95. The molecule has 0 radical (unpaired) electrons. The predicted molar refractivity (Wildman–Crippen MR) is 80.4 cm³/mol. The molecule has 0 aliphatic rings. The highest BCUT2D eigenvalue weighted by molar-refractivity contribution is 7.99. The third-order valence-electron chi connectivity index (χ3n) is 2.64. The Morgan fingerprint density at radius 3 is 2.78 bits per heavy atom. The van der Waals surface area contributed by atoms with E-state index in [-0.39, 0.29) is 0 Å². The fourth-order valence-electron chi connectivity index (χ4n) is 1.64. The number of rotatable bonds is 6. The van der Waals surface area contributed by atoms with Crippen molar-refractivity contribution in [2.75, 3.05) is 12.3 Å². The van der Waals surface area contributed by atoms with Crippen molar-refractivity contribution in [3.05, 3.63) is 46.4 Å². The molecule has 2 nitrogen and oxygen atoms in total. The highest BCUT2D eigenvalue weighted by Crippen LogP contribution is 2.18. The summed E-state index contributed by atoms with van der Waals surface area (Å²) in [6, 6.07) is 10.9. The van der Waals surface area contributed by atoms with Crippen LogP contribution in [0.5, 0.6) is 0 Å². The smallest absolute Gasteiger partial charge is 0.0898 e.